The predicted molar refractivity (Wildman–Crippen MR) is 54.6 cm³/mol. The lowest BCUT2D eigenvalue weighted by Gasteiger charge is -2.20. The van der Waals surface area contributed by atoms with Crippen molar-refractivity contribution in [3.63, 3.8) is 0 Å². The van der Waals surface area contributed by atoms with Crippen molar-refractivity contribution in [2.45, 2.75) is 39.3 Å². The predicted octanol–water partition coefficient (Wildman–Crippen LogP) is -0.635. The Morgan fingerprint density at radius 2 is 1.86 bits per heavy atom. The van der Waals surface area contributed by atoms with Crippen LogP contribution in [0.3, 0.4) is 0 Å². The lowest BCUT2D eigenvalue weighted by Crippen LogP contribution is -2.48. The van der Waals surface area contributed by atoms with E-state index in [4.69, 9.17) is 5.73 Å². The number of hydrogen-bond donors (Lipinski definition) is 3. The van der Waals surface area contributed by atoms with Gasteiger partial charge in [0.15, 0.2) is 0 Å². The first-order valence-electron chi connectivity index (χ1n) is 4.56. The first kappa shape index (κ1) is 12.9. The Balaban J connectivity index is 3.83. The van der Waals surface area contributed by atoms with Gasteiger partial charge in [0, 0.05) is 5.54 Å². The molecule has 1 unspecified atom stereocenters. The summed E-state index contributed by atoms with van der Waals surface area (Å²) in [6.07, 6.45) is 0. The molecule has 5 nitrogen and oxygen atoms in total. The third kappa shape index (κ3) is 6.42. The third-order valence-electron chi connectivity index (χ3n) is 1.58. The van der Waals surface area contributed by atoms with Gasteiger partial charge in [-0.05, 0) is 27.7 Å². The summed E-state index contributed by atoms with van der Waals surface area (Å²) in [4.78, 5) is 21.8. The largest absolute Gasteiger partial charge is 0.368 e. The molecule has 5 heteroatoms. The molecule has 0 heterocycles. The van der Waals surface area contributed by atoms with Crippen LogP contribution in [0.2, 0.25) is 0 Å². The molecule has 0 saturated carbocycles. The summed E-state index contributed by atoms with van der Waals surface area (Å²) in [5, 5.41) is 5.48. The number of carbonyl (C=O) groups excluding carboxylic acids is 2. The van der Waals surface area contributed by atoms with Crippen molar-refractivity contribution in [1.82, 2.24) is 10.6 Å². The van der Waals surface area contributed by atoms with Crippen LogP contribution < -0.4 is 16.4 Å². The van der Waals surface area contributed by atoms with Gasteiger partial charge in [-0.15, -0.1) is 0 Å². The van der Waals surface area contributed by atoms with Crippen molar-refractivity contribution in [3.8, 4) is 0 Å². The van der Waals surface area contributed by atoms with E-state index in [-0.39, 0.29) is 18.0 Å². The first-order chi connectivity index (χ1) is 6.22. The van der Waals surface area contributed by atoms with E-state index in [1.165, 1.54) is 0 Å². The molecule has 0 saturated heterocycles. The summed E-state index contributed by atoms with van der Waals surface area (Å²) >= 11 is 0. The van der Waals surface area contributed by atoms with E-state index in [9.17, 15) is 9.59 Å². The van der Waals surface area contributed by atoms with Crippen LogP contribution in [0, 0.1) is 0 Å². The number of nitrogens with one attached hydrogen (secondary N) is 2. The van der Waals surface area contributed by atoms with Crippen LogP contribution in [0.15, 0.2) is 0 Å². The van der Waals surface area contributed by atoms with Crippen molar-refractivity contribution in [2.24, 2.45) is 5.73 Å². The molecule has 0 radical (unpaired) electrons. The Morgan fingerprint density at radius 1 is 1.36 bits per heavy atom. The summed E-state index contributed by atoms with van der Waals surface area (Å²) in [7, 11) is 0. The van der Waals surface area contributed by atoms with E-state index >= 15 is 0 Å². The van der Waals surface area contributed by atoms with Crippen LogP contribution in [0.1, 0.15) is 27.7 Å². The van der Waals surface area contributed by atoms with Gasteiger partial charge in [-0.1, -0.05) is 0 Å². The van der Waals surface area contributed by atoms with E-state index in [1.54, 1.807) is 6.92 Å². The van der Waals surface area contributed by atoms with E-state index in [0.29, 0.717) is 0 Å². The molecule has 0 fully saturated rings. The van der Waals surface area contributed by atoms with Gasteiger partial charge in [0.05, 0.1) is 6.54 Å². The van der Waals surface area contributed by atoms with Gasteiger partial charge < -0.3 is 16.4 Å². The molecule has 0 aliphatic carbocycles. The molecule has 82 valence electrons. The van der Waals surface area contributed by atoms with Crippen LogP contribution in [0.4, 0.5) is 0 Å². The highest BCUT2D eigenvalue weighted by molar-refractivity contribution is 5.86. The smallest absolute Gasteiger partial charge is 0.239 e. The average Bonchev–Trinajstić information content (AvgIpc) is 1.99. The molecule has 0 aromatic carbocycles. The summed E-state index contributed by atoms with van der Waals surface area (Å²) in [6.45, 7) is 7.60. The maximum Gasteiger partial charge on any atom is 0.239 e. The van der Waals surface area contributed by atoms with Crippen molar-refractivity contribution < 1.29 is 9.59 Å². The maximum atomic E-state index is 11.2. The van der Waals surface area contributed by atoms with Crippen molar-refractivity contribution >= 4 is 11.8 Å². The molecule has 1 atom stereocenters. The molecular weight excluding hydrogens is 182 g/mol. The normalized spacial score (nSPS) is 13.4. The summed E-state index contributed by atoms with van der Waals surface area (Å²) in [5.74, 6) is -0.764. The zero-order chi connectivity index (χ0) is 11.4. The van der Waals surface area contributed by atoms with Crippen molar-refractivity contribution in [3.05, 3.63) is 0 Å². The van der Waals surface area contributed by atoms with Gasteiger partial charge in [0.2, 0.25) is 11.8 Å². The van der Waals surface area contributed by atoms with E-state index in [0.717, 1.165) is 0 Å². The Labute approximate surface area is 84.4 Å². The van der Waals surface area contributed by atoms with Crippen LogP contribution in [0.25, 0.3) is 0 Å². The highest BCUT2D eigenvalue weighted by Gasteiger charge is 2.14. The number of amides is 2. The number of primary amides is 1. The Hall–Kier alpha value is -1.10. The number of hydrogen-bond acceptors (Lipinski definition) is 3. The van der Waals surface area contributed by atoms with Gasteiger partial charge in [0.1, 0.15) is 6.04 Å². The zero-order valence-electron chi connectivity index (χ0n) is 9.18. The van der Waals surface area contributed by atoms with Crippen LogP contribution in [-0.4, -0.2) is 29.9 Å². The molecule has 14 heavy (non-hydrogen) atoms. The van der Waals surface area contributed by atoms with Gasteiger partial charge >= 0.3 is 0 Å². The van der Waals surface area contributed by atoms with Gasteiger partial charge in [-0.2, -0.15) is 0 Å². The molecular formula is C9H19N3O2. The van der Waals surface area contributed by atoms with Gasteiger partial charge in [-0.3, -0.25) is 9.59 Å². The van der Waals surface area contributed by atoms with E-state index in [2.05, 4.69) is 10.6 Å². The summed E-state index contributed by atoms with van der Waals surface area (Å²) in [5.41, 5.74) is 4.87. The number of carbonyl (C=O) groups is 2. The fourth-order valence-electron chi connectivity index (χ4n) is 0.709. The molecule has 0 bridgehead atoms. The Kier molecular flexibility index (Phi) is 4.56. The fraction of sp³-hybridized carbons (Fsp3) is 0.778. The average molecular weight is 201 g/mol. The molecule has 0 rings (SSSR count). The molecule has 0 aromatic rings. The maximum absolute atomic E-state index is 11.2. The fourth-order valence-corrected chi connectivity index (χ4v) is 0.709. The second-order valence-corrected chi connectivity index (χ2v) is 4.30. The molecule has 0 aromatic heterocycles. The SMILES string of the molecule is CC(NC(=O)CNC(C)(C)C)C(N)=O. The van der Waals surface area contributed by atoms with Gasteiger partial charge in [0.25, 0.3) is 0 Å². The van der Waals surface area contributed by atoms with Crippen LogP contribution in [0.5, 0.6) is 0 Å². The molecule has 2 amide bonds. The van der Waals surface area contributed by atoms with E-state index in [1.807, 2.05) is 20.8 Å². The van der Waals surface area contributed by atoms with Crippen LogP contribution in [-0.2, 0) is 9.59 Å². The molecule has 0 spiro atoms. The second kappa shape index (κ2) is 4.95. The minimum atomic E-state index is -0.621. The topological polar surface area (TPSA) is 84.2 Å². The van der Waals surface area contributed by atoms with Crippen molar-refractivity contribution in [1.29, 1.82) is 0 Å². The standard InChI is InChI=1S/C9H19N3O2/c1-6(8(10)14)12-7(13)5-11-9(2,3)4/h6,11H,5H2,1-4H3,(H2,10,14)(H,12,13). The van der Waals surface area contributed by atoms with E-state index < -0.39 is 11.9 Å². The third-order valence-corrected chi connectivity index (χ3v) is 1.58. The Bertz CT molecular complexity index is 221. The summed E-state index contributed by atoms with van der Waals surface area (Å²) in [6, 6.07) is -0.621. The minimum absolute atomic E-state index is 0.118. The second-order valence-electron chi connectivity index (χ2n) is 4.30. The number of nitrogens with two attached hydrogens (primary N) is 1. The lowest BCUT2D eigenvalue weighted by atomic mass is 10.1. The first-order valence-corrected chi connectivity index (χ1v) is 4.56. The Morgan fingerprint density at radius 3 is 2.21 bits per heavy atom. The molecule has 4 N–H and O–H groups in total. The highest BCUT2D eigenvalue weighted by atomic mass is 16.2. The quantitative estimate of drug-likeness (QED) is 0.566. The number of rotatable bonds is 4. The lowest BCUT2D eigenvalue weighted by molar-refractivity contribution is -0.126. The van der Waals surface area contributed by atoms with Crippen molar-refractivity contribution in [2.75, 3.05) is 6.54 Å². The minimum Gasteiger partial charge on any atom is -0.368 e. The molecule has 0 aliphatic heterocycles. The zero-order valence-corrected chi connectivity index (χ0v) is 9.18. The molecule has 0 aliphatic rings. The highest BCUT2D eigenvalue weighted by Crippen LogP contribution is 1.96. The summed E-state index contributed by atoms with van der Waals surface area (Å²) < 4.78 is 0. The van der Waals surface area contributed by atoms with Gasteiger partial charge in [-0.25, -0.2) is 0 Å². The van der Waals surface area contributed by atoms with Crippen LogP contribution >= 0.6 is 0 Å². The monoisotopic (exact) mass is 201 g/mol.